The predicted octanol–water partition coefficient (Wildman–Crippen LogP) is -0.335. The van der Waals surface area contributed by atoms with Crippen LogP contribution in [-0.2, 0) is 4.79 Å². The number of rotatable bonds is 3. The Morgan fingerprint density at radius 2 is 2.43 bits per heavy atom. The number of carbonyl (C=O) groups is 2. The molecule has 1 saturated heterocycles. The Balaban J connectivity index is 2.32. The molecule has 0 bridgehead atoms. The molecule has 14 heavy (non-hydrogen) atoms. The van der Waals surface area contributed by atoms with Gasteiger partial charge in [-0.25, -0.2) is 0 Å². The van der Waals surface area contributed by atoms with Crippen molar-refractivity contribution in [2.24, 2.45) is 5.73 Å². The van der Waals surface area contributed by atoms with Crippen LogP contribution in [0, 0.1) is 0 Å². The minimum absolute atomic E-state index is 0.142. The average Bonchev–Trinajstić information content (AvgIpc) is 2.46. The van der Waals surface area contributed by atoms with Gasteiger partial charge in [0.2, 0.25) is 5.91 Å². The van der Waals surface area contributed by atoms with Crippen molar-refractivity contribution in [2.45, 2.75) is 25.4 Å². The third-order valence-corrected chi connectivity index (χ3v) is 2.59. The van der Waals surface area contributed by atoms with E-state index < -0.39 is 11.6 Å². The van der Waals surface area contributed by atoms with E-state index in [9.17, 15) is 9.59 Å². The van der Waals surface area contributed by atoms with Crippen molar-refractivity contribution in [1.82, 2.24) is 10.6 Å². The Kier molecular flexibility index (Phi) is 3.38. The van der Waals surface area contributed by atoms with Gasteiger partial charge in [-0.3, -0.25) is 9.59 Å². The molecule has 1 atom stereocenters. The third kappa shape index (κ3) is 3.55. The summed E-state index contributed by atoms with van der Waals surface area (Å²) in [6.45, 7) is 4.06. The first-order chi connectivity index (χ1) is 6.38. The standard InChI is InChI=1S/C8H15N3O2S/c1-8(2,9)4-10-6(12)5-3-14-7(13)11-5/h5H,3-4,9H2,1-2H3,(H,10,12)(H,11,13)/t5-/m0/s1. The molecule has 4 N–H and O–H groups in total. The van der Waals surface area contributed by atoms with Crippen LogP contribution in [0.25, 0.3) is 0 Å². The summed E-state index contributed by atoms with van der Waals surface area (Å²) in [4.78, 5) is 22.2. The smallest absolute Gasteiger partial charge is 0.279 e. The molecule has 5 nitrogen and oxygen atoms in total. The molecule has 0 unspecified atom stereocenters. The first kappa shape index (κ1) is 11.3. The summed E-state index contributed by atoms with van der Waals surface area (Å²) in [6, 6.07) is -0.408. The van der Waals surface area contributed by atoms with Crippen LogP contribution in [-0.4, -0.2) is 35.0 Å². The molecule has 0 spiro atoms. The van der Waals surface area contributed by atoms with Crippen LogP contribution in [0.3, 0.4) is 0 Å². The number of hydrogen-bond donors (Lipinski definition) is 3. The predicted molar refractivity (Wildman–Crippen MR) is 56.1 cm³/mol. The highest BCUT2D eigenvalue weighted by molar-refractivity contribution is 8.14. The zero-order valence-electron chi connectivity index (χ0n) is 8.29. The highest BCUT2D eigenvalue weighted by Gasteiger charge is 2.28. The Labute approximate surface area is 87.2 Å². The maximum Gasteiger partial charge on any atom is 0.279 e. The van der Waals surface area contributed by atoms with Gasteiger partial charge in [-0.05, 0) is 13.8 Å². The molecule has 0 saturated carbocycles. The topological polar surface area (TPSA) is 84.2 Å². The van der Waals surface area contributed by atoms with Crippen LogP contribution in [0.15, 0.2) is 0 Å². The fourth-order valence-corrected chi connectivity index (χ4v) is 1.74. The SMILES string of the molecule is CC(C)(N)CNC(=O)[C@@H]1CSC(=O)N1. The lowest BCUT2D eigenvalue weighted by Crippen LogP contribution is -2.50. The zero-order chi connectivity index (χ0) is 10.8. The van der Waals surface area contributed by atoms with Crippen molar-refractivity contribution >= 4 is 22.9 Å². The summed E-state index contributed by atoms with van der Waals surface area (Å²) < 4.78 is 0. The van der Waals surface area contributed by atoms with Gasteiger partial charge in [-0.2, -0.15) is 0 Å². The van der Waals surface area contributed by atoms with Gasteiger partial charge in [0.25, 0.3) is 5.24 Å². The molecule has 1 aliphatic heterocycles. The van der Waals surface area contributed by atoms with E-state index in [2.05, 4.69) is 10.6 Å². The van der Waals surface area contributed by atoms with Crippen molar-refractivity contribution in [1.29, 1.82) is 0 Å². The number of amides is 2. The lowest BCUT2D eigenvalue weighted by atomic mass is 10.1. The van der Waals surface area contributed by atoms with Gasteiger partial charge >= 0.3 is 0 Å². The second-order valence-corrected chi connectivity index (χ2v) is 4.99. The highest BCUT2D eigenvalue weighted by atomic mass is 32.2. The van der Waals surface area contributed by atoms with Gasteiger partial charge in [0.15, 0.2) is 0 Å². The number of nitrogens with one attached hydrogen (secondary N) is 2. The summed E-state index contributed by atoms with van der Waals surface area (Å²) in [5.74, 6) is 0.331. The van der Waals surface area contributed by atoms with E-state index in [1.807, 2.05) is 13.8 Å². The van der Waals surface area contributed by atoms with E-state index in [-0.39, 0.29) is 11.1 Å². The first-order valence-corrected chi connectivity index (χ1v) is 5.37. The molecule has 0 aromatic rings. The maximum atomic E-state index is 11.4. The molecular formula is C8H15N3O2S. The van der Waals surface area contributed by atoms with Crippen molar-refractivity contribution in [3.05, 3.63) is 0 Å². The van der Waals surface area contributed by atoms with Crippen molar-refractivity contribution in [3.63, 3.8) is 0 Å². The van der Waals surface area contributed by atoms with Crippen molar-refractivity contribution < 1.29 is 9.59 Å². The second-order valence-electron chi connectivity index (χ2n) is 4.00. The third-order valence-electron chi connectivity index (χ3n) is 1.71. The molecule has 0 aromatic heterocycles. The molecule has 1 rings (SSSR count). The normalized spacial score (nSPS) is 21.9. The van der Waals surface area contributed by atoms with Gasteiger partial charge < -0.3 is 16.4 Å². The monoisotopic (exact) mass is 217 g/mol. The van der Waals surface area contributed by atoms with Crippen LogP contribution in [0.5, 0.6) is 0 Å². The van der Waals surface area contributed by atoms with Crippen LogP contribution < -0.4 is 16.4 Å². The number of hydrogen-bond acceptors (Lipinski definition) is 4. The Bertz CT molecular complexity index is 249. The minimum Gasteiger partial charge on any atom is -0.352 e. The lowest BCUT2D eigenvalue weighted by Gasteiger charge is -2.20. The quantitative estimate of drug-likeness (QED) is 0.604. The summed E-state index contributed by atoms with van der Waals surface area (Å²) >= 11 is 1.12. The maximum absolute atomic E-state index is 11.4. The van der Waals surface area contributed by atoms with Crippen LogP contribution in [0.2, 0.25) is 0 Å². The van der Waals surface area contributed by atoms with E-state index >= 15 is 0 Å². The molecule has 80 valence electrons. The van der Waals surface area contributed by atoms with Crippen molar-refractivity contribution in [2.75, 3.05) is 12.3 Å². The van der Waals surface area contributed by atoms with Gasteiger partial charge in [-0.1, -0.05) is 11.8 Å². The van der Waals surface area contributed by atoms with Gasteiger partial charge in [-0.15, -0.1) is 0 Å². The fraction of sp³-hybridized carbons (Fsp3) is 0.750. The number of carbonyl (C=O) groups excluding carboxylic acids is 2. The van der Waals surface area contributed by atoms with Crippen LogP contribution in [0.4, 0.5) is 4.79 Å². The summed E-state index contributed by atoms with van der Waals surface area (Å²) in [7, 11) is 0. The Morgan fingerprint density at radius 3 is 2.86 bits per heavy atom. The molecular weight excluding hydrogens is 202 g/mol. The molecule has 6 heteroatoms. The fourth-order valence-electron chi connectivity index (χ4n) is 0.964. The van der Waals surface area contributed by atoms with E-state index in [1.54, 1.807) is 0 Å². The molecule has 1 heterocycles. The van der Waals surface area contributed by atoms with E-state index in [0.717, 1.165) is 11.8 Å². The van der Waals surface area contributed by atoms with Crippen LogP contribution in [0.1, 0.15) is 13.8 Å². The van der Waals surface area contributed by atoms with E-state index in [0.29, 0.717) is 12.3 Å². The molecule has 2 amide bonds. The molecule has 1 fully saturated rings. The summed E-state index contributed by atoms with van der Waals surface area (Å²) in [5.41, 5.74) is 5.28. The minimum atomic E-state index is -0.425. The zero-order valence-corrected chi connectivity index (χ0v) is 9.11. The summed E-state index contributed by atoms with van der Waals surface area (Å²) in [6.07, 6.45) is 0. The highest BCUT2D eigenvalue weighted by Crippen LogP contribution is 2.12. The van der Waals surface area contributed by atoms with E-state index in [1.165, 1.54) is 0 Å². The number of thioether (sulfide) groups is 1. The Morgan fingerprint density at radius 1 is 1.79 bits per heavy atom. The molecule has 1 aliphatic rings. The number of nitrogens with two attached hydrogens (primary N) is 1. The van der Waals surface area contributed by atoms with Crippen molar-refractivity contribution in [3.8, 4) is 0 Å². The second kappa shape index (κ2) is 4.18. The van der Waals surface area contributed by atoms with Gasteiger partial charge in [0.1, 0.15) is 6.04 Å². The van der Waals surface area contributed by atoms with Gasteiger partial charge in [0.05, 0.1) is 0 Å². The lowest BCUT2D eigenvalue weighted by molar-refractivity contribution is -0.122. The van der Waals surface area contributed by atoms with E-state index in [4.69, 9.17) is 5.73 Å². The van der Waals surface area contributed by atoms with Gasteiger partial charge in [0, 0.05) is 17.8 Å². The summed E-state index contributed by atoms with van der Waals surface area (Å²) in [5, 5.41) is 5.11. The largest absolute Gasteiger partial charge is 0.352 e. The average molecular weight is 217 g/mol. The Hall–Kier alpha value is -0.750. The molecule has 0 radical (unpaired) electrons. The molecule has 0 aliphatic carbocycles. The van der Waals surface area contributed by atoms with Crippen LogP contribution >= 0.6 is 11.8 Å². The molecule has 0 aromatic carbocycles. The first-order valence-electron chi connectivity index (χ1n) is 4.38.